The second-order valence-corrected chi connectivity index (χ2v) is 7.24. The molecule has 0 spiro atoms. The number of nitro benzene ring substituents is 2. The van der Waals surface area contributed by atoms with Crippen LogP contribution in [0, 0.1) is 26.1 Å². The number of hydrogen-bond donors (Lipinski definition) is 1. The van der Waals surface area contributed by atoms with Crippen molar-refractivity contribution < 1.29 is 19.4 Å². The van der Waals surface area contributed by atoms with Crippen LogP contribution in [0.15, 0.2) is 18.2 Å². The molecule has 0 radical (unpaired) electrons. The van der Waals surface area contributed by atoms with E-state index in [1.165, 1.54) is 0 Å². The van der Waals surface area contributed by atoms with Gasteiger partial charge in [0.1, 0.15) is 0 Å². The number of amides is 1. The molecule has 1 amide bonds. The van der Waals surface area contributed by atoms with Gasteiger partial charge in [0.05, 0.1) is 15.9 Å². The first-order valence-electron chi connectivity index (χ1n) is 6.40. The van der Waals surface area contributed by atoms with Gasteiger partial charge in [-0.05, 0) is 6.07 Å². The highest BCUT2D eigenvalue weighted by Gasteiger charge is 2.38. The molecule has 0 aliphatic carbocycles. The SMILES string of the molecule is CC(C)C(=O)NC(Oc1ccc([N+](=O)[O-])cc1[N+](=O)[O-])C(Cl)(Cl)Cl. The molecule has 0 aromatic heterocycles. The summed E-state index contributed by atoms with van der Waals surface area (Å²) in [4.78, 5) is 31.9. The van der Waals surface area contributed by atoms with Crippen molar-refractivity contribution in [2.45, 2.75) is 23.9 Å². The van der Waals surface area contributed by atoms with Crippen LogP contribution in [-0.2, 0) is 4.79 Å². The Morgan fingerprint density at radius 2 is 1.79 bits per heavy atom. The van der Waals surface area contributed by atoms with Crippen LogP contribution in [0.3, 0.4) is 0 Å². The number of halogens is 3. The number of carbonyl (C=O) groups excluding carboxylic acids is 1. The van der Waals surface area contributed by atoms with Crippen molar-refractivity contribution in [3.05, 3.63) is 38.4 Å². The van der Waals surface area contributed by atoms with E-state index in [-0.39, 0.29) is 0 Å². The average Bonchev–Trinajstić information content (AvgIpc) is 2.45. The Hall–Kier alpha value is -1.84. The predicted molar refractivity (Wildman–Crippen MR) is 87.4 cm³/mol. The number of carbonyl (C=O) groups is 1. The highest BCUT2D eigenvalue weighted by Crippen LogP contribution is 2.36. The lowest BCUT2D eigenvalue weighted by Crippen LogP contribution is -2.49. The number of non-ortho nitro benzene ring substituents is 1. The highest BCUT2D eigenvalue weighted by molar-refractivity contribution is 6.68. The molecule has 1 unspecified atom stereocenters. The molecule has 1 aromatic carbocycles. The van der Waals surface area contributed by atoms with E-state index in [0.717, 1.165) is 12.1 Å². The molecule has 1 atom stereocenters. The van der Waals surface area contributed by atoms with Crippen LogP contribution in [0.1, 0.15) is 13.8 Å². The van der Waals surface area contributed by atoms with Crippen molar-refractivity contribution >= 4 is 52.1 Å². The van der Waals surface area contributed by atoms with E-state index in [0.29, 0.717) is 6.07 Å². The van der Waals surface area contributed by atoms with Crippen molar-refractivity contribution in [2.75, 3.05) is 0 Å². The Balaban J connectivity index is 3.20. The molecule has 1 aromatic rings. The van der Waals surface area contributed by atoms with E-state index in [1.807, 2.05) is 0 Å². The fourth-order valence-corrected chi connectivity index (χ4v) is 1.76. The minimum absolute atomic E-state index is 0.397. The number of rotatable bonds is 6. The molecule has 1 rings (SSSR count). The van der Waals surface area contributed by atoms with Crippen LogP contribution in [-0.4, -0.2) is 25.8 Å². The molecule has 0 fully saturated rings. The molecule has 0 heterocycles. The van der Waals surface area contributed by atoms with Crippen molar-refractivity contribution in [1.82, 2.24) is 5.32 Å². The number of benzene rings is 1. The summed E-state index contributed by atoms with van der Waals surface area (Å²) in [5, 5.41) is 24.1. The van der Waals surface area contributed by atoms with E-state index < -0.39 is 48.8 Å². The second-order valence-electron chi connectivity index (χ2n) is 4.87. The van der Waals surface area contributed by atoms with Crippen LogP contribution in [0.4, 0.5) is 11.4 Å². The third-order valence-electron chi connectivity index (χ3n) is 2.69. The number of ether oxygens (including phenoxy) is 1. The topological polar surface area (TPSA) is 125 Å². The molecule has 0 saturated carbocycles. The monoisotopic (exact) mass is 399 g/mol. The zero-order chi connectivity index (χ0) is 18.7. The molecule has 132 valence electrons. The molecule has 9 nitrogen and oxygen atoms in total. The summed E-state index contributed by atoms with van der Waals surface area (Å²) in [6.45, 7) is 3.16. The largest absolute Gasteiger partial charge is 0.459 e. The minimum Gasteiger partial charge on any atom is -0.459 e. The minimum atomic E-state index is -2.14. The standard InChI is InChI=1S/C12H12Cl3N3O6/c1-6(2)10(19)16-11(12(13,14)15)24-9-4-3-7(17(20)21)5-8(9)18(22)23/h3-6,11H,1-2H3,(H,16,19). The lowest BCUT2D eigenvalue weighted by Gasteiger charge is -2.26. The Bertz CT molecular complexity index is 662. The first-order valence-corrected chi connectivity index (χ1v) is 7.53. The quantitative estimate of drug-likeness (QED) is 0.338. The molecule has 0 bridgehead atoms. The van der Waals surface area contributed by atoms with E-state index >= 15 is 0 Å². The Kier molecular flexibility index (Phi) is 6.58. The Labute approximate surface area is 151 Å². The number of nitrogens with zero attached hydrogens (tertiary/aromatic N) is 2. The van der Waals surface area contributed by atoms with Gasteiger partial charge in [-0.2, -0.15) is 0 Å². The first-order chi connectivity index (χ1) is 10.9. The van der Waals surface area contributed by atoms with Crippen molar-refractivity contribution in [3.8, 4) is 5.75 Å². The van der Waals surface area contributed by atoms with Crippen LogP contribution in [0.25, 0.3) is 0 Å². The smallest absolute Gasteiger partial charge is 0.317 e. The first kappa shape index (κ1) is 20.2. The predicted octanol–water partition coefficient (Wildman–Crippen LogP) is 3.35. The maximum absolute atomic E-state index is 11.8. The molecule has 0 aliphatic rings. The zero-order valence-corrected chi connectivity index (χ0v) is 14.6. The van der Waals surface area contributed by atoms with Gasteiger partial charge in [0.2, 0.25) is 15.9 Å². The van der Waals surface area contributed by atoms with Gasteiger partial charge in [0, 0.05) is 12.0 Å². The molecule has 0 saturated heterocycles. The maximum Gasteiger partial charge on any atom is 0.317 e. The highest BCUT2D eigenvalue weighted by atomic mass is 35.6. The third kappa shape index (κ3) is 5.36. The van der Waals surface area contributed by atoms with Gasteiger partial charge in [-0.15, -0.1) is 0 Å². The van der Waals surface area contributed by atoms with Gasteiger partial charge < -0.3 is 10.1 Å². The molecular formula is C12H12Cl3N3O6. The Morgan fingerprint density at radius 3 is 2.21 bits per heavy atom. The molecule has 0 aliphatic heterocycles. The summed E-state index contributed by atoms with van der Waals surface area (Å²) in [5.74, 6) is -1.38. The number of nitrogens with one attached hydrogen (secondary N) is 1. The van der Waals surface area contributed by atoms with Crippen molar-refractivity contribution in [3.63, 3.8) is 0 Å². The molecular weight excluding hydrogens is 389 g/mol. The normalized spacial score (nSPS) is 12.6. The number of hydrogen-bond acceptors (Lipinski definition) is 6. The summed E-state index contributed by atoms with van der Waals surface area (Å²) >= 11 is 17.2. The summed E-state index contributed by atoms with van der Waals surface area (Å²) in [6, 6.07) is 2.68. The Morgan fingerprint density at radius 1 is 1.21 bits per heavy atom. The molecule has 24 heavy (non-hydrogen) atoms. The lowest BCUT2D eigenvalue weighted by molar-refractivity contribution is -0.394. The lowest BCUT2D eigenvalue weighted by atomic mass is 10.2. The summed E-state index contributed by atoms with van der Waals surface area (Å²) < 4.78 is 3.10. The number of nitro groups is 2. The van der Waals surface area contributed by atoms with Crippen molar-refractivity contribution in [1.29, 1.82) is 0 Å². The summed E-state index contributed by atoms with van der Waals surface area (Å²) in [7, 11) is 0. The van der Waals surface area contributed by atoms with Crippen LogP contribution >= 0.6 is 34.8 Å². The van der Waals surface area contributed by atoms with Gasteiger partial charge >= 0.3 is 5.69 Å². The van der Waals surface area contributed by atoms with E-state index in [4.69, 9.17) is 39.5 Å². The van der Waals surface area contributed by atoms with E-state index in [9.17, 15) is 25.0 Å². The van der Waals surface area contributed by atoms with Gasteiger partial charge in [-0.25, -0.2) is 0 Å². The van der Waals surface area contributed by atoms with Crippen LogP contribution < -0.4 is 10.1 Å². The van der Waals surface area contributed by atoms with Gasteiger partial charge in [0.25, 0.3) is 5.69 Å². The average molecular weight is 401 g/mol. The molecule has 12 heteroatoms. The van der Waals surface area contributed by atoms with Crippen LogP contribution in [0.2, 0.25) is 0 Å². The van der Waals surface area contributed by atoms with Crippen LogP contribution in [0.5, 0.6) is 5.75 Å². The number of alkyl halides is 3. The second kappa shape index (κ2) is 7.82. The van der Waals surface area contributed by atoms with E-state index in [1.54, 1.807) is 13.8 Å². The van der Waals surface area contributed by atoms with Crippen molar-refractivity contribution in [2.24, 2.45) is 5.92 Å². The molecule has 1 N–H and O–H groups in total. The maximum atomic E-state index is 11.8. The zero-order valence-electron chi connectivity index (χ0n) is 12.4. The summed E-state index contributed by atoms with van der Waals surface area (Å²) in [6.07, 6.45) is -1.54. The van der Waals surface area contributed by atoms with E-state index in [2.05, 4.69) is 5.32 Å². The third-order valence-corrected chi connectivity index (χ3v) is 3.28. The van der Waals surface area contributed by atoms with Gasteiger partial charge in [-0.1, -0.05) is 48.7 Å². The fraction of sp³-hybridized carbons (Fsp3) is 0.417. The van der Waals surface area contributed by atoms with Gasteiger partial charge in [0.15, 0.2) is 5.75 Å². The van der Waals surface area contributed by atoms with Gasteiger partial charge in [-0.3, -0.25) is 25.0 Å². The fourth-order valence-electron chi connectivity index (χ4n) is 1.46. The summed E-state index contributed by atoms with van der Waals surface area (Å²) in [5.41, 5.74) is -1.21.